The molecule has 0 heterocycles. The fourth-order valence-electron chi connectivity index (χ4n) is 1.49. The average Bonchev–Trinajstić information content (AvgIpc) is 2.44. The average molecular weight is 356 g/mol. The molecule has 23 heavy (non-hydrogen) atoms. The van der Waals surface area contributed by atoms with Gasteiger partial charge in [-0.25, -0.2) is 9.18 Å². The molecule has 0 aliphatic rings. The second-order valence-corrected chi connectivity index (χ2v) is 4.57. The van der Waals surface area contributed by atoms with Gasteiger partial charge in [-0.1, -0.05) is 11.6 Å². The summed E-state index contributed by atoms with van der Waals surface area (Å²) in [5.74, 6) is -4.75. The summed E-state index contributed by atoms with van der Waals surface area (Å²) in [5.41, 5.74) is -0.555. The summed E-state index contributed by atoms with van der Waals surface area (Å²) >= 11 is 5.57. The van der Waals surface area contributed by atoms with E-state index < -0.39 is 36.0 Å². The molecule has 0 bridgehead atoms. The molecule has 0 radical (unpaired) electrons. The lowest BCUT2D eigenvalue weighted by molar-refractivity contribution is -0.173. The molecular weight excluding hydrogens is 346 g/mol. The monoisotopic (exact) mass is 355 g/mol. The smallest absolute Gasteiger partial charge is 0.471 e. The van der Waals surface area contributed by atoms with Gasteiger partial charge in [-0.3, -0.25) is 4.79 Å². The molecule has 0 atom stereocenters. The van der Waals surface area contributed by atoms with Gasteiger partial charge in [-0.05, 0) is 12.1 Å². The van der Waals surface area contributed by atoms with E-state index in [1.165, 1.54) is 12.4 Å². The van der Waals surface area contributed by atoms with E-state index in [0.29, 0.717) is 0 Å². The molecule has 0 unspecified atom stereocenters. The number of carboxylic acid groups (broad SMARTS) is 1. The van der Waals surface area contributed by atoms with Crippen LogP contribution in [0.5, 0.6) is 5.75 Å². The van der Waals surface area contributed by atoms with Crippen LogP contribution in [0.3, 0.4) is 0 Å². The molecule has 0 saturated carbocycles. The Hall–Kier alpha value is -2.29. The van der Waals surface area contributed by atoms with Crippen molar-refractivity contribution < 1.29 is 37.0 Å². The van der Waals surface area contributed by atoms with Gasteiger partial charge in [0, 0.05) is 11.6 Å². The number of carboxylic acids is 1. The topological polar surface area (TPSA) is 75.6 Å². The first kappa shape index (κ1) is 18.8. The van der Waals surface area contributed by atoms with Crippen LogP contribution in [0.2, 0.25) is 5.02 Å². The Balaban J connectivity index is 3.11. The van der Waals surface area contributed by atoms with Crippen molar-refractivity contribution in [1.82, 2.24) is 5.32 Å². The van der Waals surface area contributed by atoms with Crippen molar-refractivity contribution in [3.63, 3.8) is 0 Å². The van der Waals surface area contributed by atoms with Gasteiger partial charge in [-0.15, -0.1) is 0 Å². The molecule has 0 aliphatic carbocycles. The standard InChI is InChI=1S/C13H10ClF4NO4/c1-23-10-4-9(15)8(14)3-6(10)2-7(11(20)21)5-19-12(22)13(16,17)18/h2-4H,5H2,1H3,(H,19,22)(H,20,21)/b7-2+. The Morgan fingerprint density at radius 1 is 1.39 bits per heavy atom. The first-order valence-corrected chi connectivity index (χ1v) is 6.26. The van der Waals surface area contributed by atoms with Crippen molar-refractivity contribution in [3.05, 3.63) is 34.1 Å². The molecule has 0 aliphatic heterocycles. The second-order valence-electron chi connectivity index (χ2n) is 4.16. The number of carbonyl (C=O) groups excluding carboxylic acids is 1. The lowest BCUT2D eigenvalue weighted by Gasteiger charge is -2.10. The molecule has 0 spiro atoms. The highest BCUT2D eigenvalue weighted by atomic mass is 35.5. The Bertz CT molecular complexity index is 658. The number of rotatable bonds is 5. The van der Waals surface area contributed by atoms with Gasteiger partial charge in [-0.2, -0.15) is 13.2 Å². The number of ether oxygens (including phenoxy) is 1. The lowest BCUT2D eigenvalue weighted by atomic mass is 10.1. The van der Waals surface area contributed by atoms with Crippen LogP contribution < -0.4 is 10.1 Å². The number of alkyl halides is 3. The number of aliphatic carboxylic acids is 1. The number of hydrogen-bond donors (Lipinski definition) is 2. The summed E-state index contributed by atoms with van der Waals surface area (Å²) in [6.45, 7) is -0.897. The van der Waals surface area contributed by atoms with Gasteiger partial charge in [0.2, 0.25) is 0 Å². The fraction of sp³-hybridized carbons (Fsp3) is 0.231. The van der Waals surface area contributed by atoms with E-state index in [4.69, 9.17) is 21.4 Å². The highest BCUT2D eigenvalue weighted by molar-refractivity contribution is 6.31. The third-order valence-electron chi connectivity index (χ3n) is 2.57. The molecule has 1 rings (SSSR count). The van der Waals surface area contributed by atoms with Gasteiger partial charge in [0.1, 0.15) is 11.6 Å². The van der Waals surface area contributed by atoms with E-state index in [-0.39, 0.29) is 16.3 Å². The molecule has 5 nitrogen and oxygen atoms in total. The molecule has 1 aromatic carbocycles. The Labute approximate surface area is 132 Å². The molecule has 126 valence electrons. The zero-order valence-corrected chi connectivity index (χ0v) is 12.3. The van der Waals surface area contributed by atoms with Crippen LogP contribution in [0, 0.1) is 5.82 Å². The number of benzene rings is 1. The van der Waals surface area contributed by atoms with Gasteiger partial charge < -0.3 is 15.2 Å². The maximum Gasteiger partial charge on any atom is 0.471 e. The third-order valence-corrected chi connectivity index (χ3v) is 2.86. The van der Waals surface area contributed by atoms with Crippen LogP contribution in [0.4, 0.5) is 17.6 Å². The second kappa shape index (κ2) is 7.32. The Kier molecular flexibility index (Phi) is 5.97. The first-order chi connectivity index (χ1) is 10.6. The van der Waals surface area contributed by atoms with Gasteiger partial charge in [0.05, 0.1) is 24.3 Å². The number of nitrogens with one attached hydrogen (secondary N) is 1. The molecular formula is C13H10ClF4NO4. The van der Waals surface area contributed by atoms with Crippen LogP contribution in [0.15, 0.2) is 17.7 Å². The summed E-state index contributed by atoms with van der Waals surface area (Å²) in [4.78, 5) is 21.8. The van der Waals surface area contributed by atoms with Crippen molar-refractivity contribution in [2.45, 2.75) is 6.18 Å². The molecule has 0 aromatic heterocycles. The van der Waals surface area contributed by atoms with Crippen LogP contribution in [0.1, 0.15) is 5.56 Å². The normalized spacial score (nSPS) is 12.0. The van der Waals surface area contributed by atoms with Crippen molar-refractivity contribution in [3.8, 4) is 5.75 Å². The van der Waals surface area contributed by atoms with Crippen LogP contribution in [-0.4, -0.2) is 36.8 Å². The Morgan fingerprint density at radius 2 is 2.00 bits per heavy atom. The van der Waals surface area contributed by atoms with E-state index in [0.717, 1.165) is 18.2 Å². The molecule has 2 N–H and O–H groups in total. The van der Waals surface area contributed by atoms with E-state index in [1.54, 1.807) is 0 Å². The fourth-order valence-corrected chi connectivity index (χ4v) is 1.66. The van der Waals surface area contributed by atoms with Gasteiger partial charge >= 0.3 is 18.1 Å². The maximum absolute atomic E-state index is 13.3. The van der Waals surface area contributed by atoms with Crippen LogP contribution in [-0.2, 0) is 9.59 Å². The SMILES string of the molecule is COc1cc(F)c(Cl)cc1/C=C(\CNC(=O)C(F)(F)F)C(=O)O. The predicted molar refractivity (Wildman–Crippen MR) is 72.6 cm³/mol. The van der Waals surface area contributed by atoms with Crippen molar-refractivity contribution >= 4 is 29.6 Å². The number of methoxy groups -OCH3 is 1. The zero-order valence-electron chi connectivity index (χ0n) is 11.5. The molecule has 1 amide bonds. The minimum atomic E-state index is -5.14. The molecule has 1 aromatic rings. The largest absolute Gasteiger partial charge is 0.496 e. The minimum absolute atomic E-state index is 0.0255. The predicted octanol–water partition coefficient (Wildman–Crippen LogP) is 2.63. The summed E-state index contributed by atoms with van der Waals surface area (Å²) < 4.78 is 54.4. The van der Waals surface area contributed by atoms with Crippen molar-refractivity contribution in [2.75, 3.05) is 13.7 Å². The lowest BCUT2D eigenvalue weighted by Crippen LogP contribution is -2.38. The zero-order chi connectivity index (χ0) is 17.8. The van der Waals surface area contributed by atoms with E-state index in [9.17, 15) is 27.2 Å². The molecule has 0 fully saturated rings. The number of carbonyl (C=O) groups is 2. The van der Waals surface area contributed by atoms with E-state index in [1.807, 2.05) is 0 Å². The van der Waals surface area contributed by atoms with Gasteiger partial charge in [0.25, 0.3) is 0 Å². The summed E-state index contributed by atoms with van der Waals surface area (Å²) in [6, 6.07) is 1.94. The maximum atomic E-state index is 13.3. The quantitative estimate of drug-likeness (QED) is 0.629. The van der Waals surface area contributed by atoms with E-state index >= 15 is 0 Å². The highest BCUT2D eigenvalue weighted by Crippen LogP contribution is 2.28. The summed E-state index contributed by atoms with van der Waals surface area (Å²) in [7, 11) is 1.19. The first-order valence-electron chi connectivity index (χ1n) is 5.88. The van der Waals surface area contributed by atoms with Crippen LogP contribution >= 0.6 is 11.6 Å². The summed E-state index contributed by atoms with van der Waals surface area (Å²) in [5, 5.41) is 10.1. The summed E-state index contributed by atoms with van der Waals surface area (Å²) in [6.07, 6.45) is -4.22. The van der Waals surface area contributed by atoms with Crippen LogP contribution in [0.25, 0.3) is 6.08 Å². The number of halogens is 5. The van der Waals surface area contributed by atoms with E-state index in [2.05, 4.69) is 0 Å². The Morgan fingerprint density at radius 3 is 2.48 bits per heavy atom. The molecule has 0 saturated heterocycles. The number of amides is 1. The van der Waals surface area contributed by atoms with Gasteiger partial charge in [0.15, 0.2) is 0 Å². The minimum Gasteiger partial charge on any atom is -0.496 e. The molecule has 10 heteroatoms. The third kappa shape index (κ3) is 5.13. The highest BCUT2D eigenvalue weighted by Gasteiger charge is 2.38. The number of hydrogen-bond acceptors (Lipinski definition) is 3. The van der Waals surface area contributed by atoms with Crippen molar-refractivity contribution in [2.24, 2.45) is 0 Å². The van der Waals surface area contributed by atoms with Crippen molar-refractivity contribution in [1.29, 1.82) is 0 Å².